The van der Waals surface area contributed by atoms with Crippen LogP contribution in [-0.2, 0) is 11.2 Å². The Balaban J connectivity index is 2.28. The molecule has 0 fully saturated rings. The molecule has 0 aliphatic heterocycles. The summed E-state index contributed by atoms with van der Waals surface area (Å²) in [4.78, 5) is 12.2. The van der Waals surface area contributed by atoms with E-state index in [0.29, 0.717) is 17.0 Å². The number of carbonyl (C=O) groups is 1. The third-order valence-corrected chi connectivity index (χ3v) is 4.50. The molecule has 1 aliphatic rings. The van der Waals surface area contributed by atoms with Crippen LogP contribution in [-0.4, -0.2) is 21.6 Å². The summed E-state index contributed by atoms with van der Waals surface area (Å²) in [7, 11) is 0. The molecular formula is C17H18FNO3. The van der Waals surface area contributed by atoms with Gasteiger partial charge in [0.15, 0.2) is 0 Å². The minimum Gasteiger partial charge on any atom is -0.389 e. The molecule has 0 radical (unpaired) electrons. The number of Topliss-reactive ketones (excluding diaryl/α,β-unsaturated/α-hetero) is 1. The second-order valence-corrected chi connectivity index (χ2v) is 6.22. The number of fused-ring (bicyclic) bond motifs is 1. The fourth-order valence-electron chi connectivity index (χ4n) is 3.66. The molecule has 116 valence electrons. The Kier molecular flexibility index (Phi) is 3.40. The third-order valence-electron chi connectivity index (χ3n) is 4.50. The van der Waals surface area contributed by atoms with Gasteiger partial charge in [-0.2, -0.15) is 0 Å². The molecule has 1 aliphatic carbocycles. The maximum absolute atomic E-state index is 14.4. The van der Waals surface area contributed by atoms with Crippen molar-refractivity contribution in [3.63, 3.8) is 0 Å². The molecule has 3 rings (SSSR count). The van der Waals surface area contributed by atoms with E-state index in [1.165, 1.54) is 13.0 Å². The van der Waals surface area contributed by atoms with E-state index in [0.717, 1.165) is 5.56 Å². The van der Waals surface area contributed by atoms with Gasteiger partial charge in [-0.25, -0.2) is 4.39 Å². The molecule has 5 heteroatoms. The number of ketones is 1. The van der Waals surface area contributed by atoms with Gasteiger partial charge in [-0.15, -0.1) is 0 Å². The van der Waals surface area contributed by atoms with Gasteiger partial charge in [-0.3, -0.25) is 4.79 Å². The summed E-state index contributed by atoms with van der Waals surface area (Å²) in [5.41, 5.74) is 0.398. The van der Waals surface area contributed by atoms with E-state index in [2.05, 4.69) is 5.16 Å². The number of halogens is 1. The van der Waals surface area contributed by atoms with Crippen molar-refractivity contribution in [3.05, 3.63) is 52.7 Å². The van der Waals surface area contributed by atoms with Crippen LogP contribution in [0.2, 0.25) is 0 Å². The summed E-state index contributed by atoms with van der Waals surface area (Å²) >= 11 is 0. The van der Waals surface area contributed by atoms with Crippen LogP contribution in [0.1, 0.15) is 42.3 Å². The number of hydrogen-bond acceptors (Lipinski definition) is 4. The molecule has 3 atom stereocenters. The van der Waals surface area contributed by atoms with Gasteiger partial charge in [-0.1, -0.05) is 23.4 Å². The summed E-state index contributed by atoms with van der Waals surface area (Å²) in [6.07, 6.45) is 0.217. The number of aryl methyl sites for hydroxylation is 1. The average molecular weight is 303 g/mol. The topological polar surface area (TPSA) is 63.3 Å². The monoisotopic (exact) mass is 303 g/mol. The molecule has 0 saturated carbocycles. The van der Waals surface area contributed by atoms with E-state index in [4.69, 9.17) is 4.52 Å². The fourth-order valence-corrected chi connectivity index (χ4v) is 3.66. The summed E-state index contributed by atoms with van der Waals surface area (Å²) in [5, 5.41) is 14.7. The fraction of sp³-hybridized carbons (Fsp3) is 0.412. The summed E-state index contributed by atoms with van der Waals surface area (Å²) in [5.74, 6) is -1.35. The third kappa shape index (κ3) is 2.16. The molecule has 0 spiro atoms. The molecule has 1 aromatic heterocycles. The SMILES string of the molecule is CC(=O)[C@@H]1[C@H](c2ccccc2F)c2c(noc2C)C[C@]1(C)O. The van der Waals surface area contributed by atoms with Gasteiger partial charge in [0.1, 0.15) is 17.4 Å². The molecule has 2 aromatic rings. The van der Waals surface area contributed by atoms with Gasteiger partial charge in [0.2, 0.25) is 0 Å². The maximum Gasteiger partial charge on any atom is 0.137 e. The van der Waals surface area contributed by atoms with Gasteiger partial charge in [0.25, 0.3) is 0 Å². The van der Waals surface area contributed by atoms with Gasteiger partial charge >= 0.3 is 0 Å². The van der Waals surface area contributed by atoms with E-state index >= 15 is 0 Å². The van der Waals surface area contributed by atoms with E-state index in [-0.39, 0.29) is 12.2 Å². The van der Waals surface area contributed by atoms with Crippen LogP contribution in [0.3, 0.4) is 0 Å². The quantitative estimate of drug-likeness (QED) is 0.926. The number of aromatic nitrogens is 1. The van der Waals surface area contributed by atoms with Crippen molar-refractivity contribution >= 4 is 5.78 Å². The van der Waals surface area contributed by atoms with Crippen molar-refractivity contribution in [1.29, 1.82) is 0 Å². The highest BCUT2D eigenvalue weighted by Gasteiger charge is 2.49. The Morgan fingerprint density at radius 1 is 1.45 bits per heavy atom. The van der Waals surface area contributed by atoms with Gasteiger partial charge in [0, 0.05) is 17.9 Å². The standard InChI is InChI=1S/C17H18FNO3/c1-9(20)16-15(11-6-4-5-7-12(11)18)14-10(2)22-19-13(14)8-17(16,3)21/h4-7,15-16,21H,8H2,1-3H3/t15-,16-,17+/m1/s1. The first-order chi connectivity index (χ1) is 10.3. The van der Waals surface area contributed by atoms with Crippen LogP contribution in [0.15, 0.2) is 28.8 Å². The van der Waals surface area contributed by atoms with Gasteiger partial charge in [-0.05, 0) is 32.4 Å². The molecule has 0 unspecified atom stereocenters. The van der Waals surface area contributed by atoms with E-state index in [1.54, 1.807) is 32.0 Å². The predicted octanol–water partition coefficient (Wildman–Crippen LogP) is 2.77. The van der Waals surface area contributed by atoms with Crippen molar-refractivity contribution in [1.82, 2.24) is 5.16 Å². The molecule has 1 aromatic carbocycles. The van der Waals surface area contributed by atoms with Gasteiger partial charge < -0.3 is 9.63 Å². The number of carbonyl (C=O) groups excluding carboxylic acids is 1. The smallest absolute Gasteiger partial charge is 0.137 e. The van der Waals surface area contributed by atoms with Crippen molar-refractivity contribution in [2.24, 2.45) is 5.92 Å². The van der Waals surface area contributed by atoms with Crippen LogP contribution in [0.4, 0.5) is 4.39 Å². The summed E-state index contributed by atoms with van der Waals surface area (Å²) in [6, 6.07) is 6.33. The Morgan fingerprint density at radius 3 is 2.77 bits per heavy atom. The molecule has 4 nitrogen and oxygen atoms in total. The Morgan fingerprint density at radius 2 is 2.14 bits per heavy atom. The molecule has 0 amide bonds. The lowest BCUT2D eigenvalue weighted by molar-refractivity contribution is -0.131. The Hall–Kier alpha value is -2.01. The average Bonchev–Trinajstić information content (AvgIpc) is 2.77. The Bertz CT molecular complexity index is 735. The summed E-state index contributed by atoms with van der Waals surface area (Å²) < 4.78 is 19.6. The zero-order valence-electron chi connectivity index (χ0n) is 12.8. The highest BCUT2D eigenvalue weighted by Crippen LogP contribution is 2.47. The first-order valence-corrected chi connectivity index (χ1v) is 7.25. The highest BCUT2D eigenvalue weighted by molar-refractivity contribution is 5.82. The molecule has 0 saturated heterocycles. The van der Waals surface area contributed by atoms with Crippen molar-refractivity contribution in [2.75, 3.05) is 0 Å². The maximum atomic E-state index is 14.4. The summed E-state index contributed by atoms with van der Waals surface area (Å²) in [6.45, 7) is 4.78. The lowest BCUT2D eigenvalue weighted by Crippen LogP contribution is -2.48. The minimum atomic E-state index is -1.30. The van der Waals surface area contributed by atoms with Crippen LogP contribution in [0, 0.1) is 18.7 Å². The van der Waals surface area contributed by atoms with Gasteiger partial charge in [0.05, 0.1) is 17.2 Å². The minimum absolute atomic E-state index is 0.176. The lowest BCUT2D eigenvalue weighted by Gasteiger charge is -2.40. The van der Waals surface area contributed by atoms with E-state index in [9.17, 15) is 14.3 Å². The first kappa shape index (κ1) is 14.9. The zero-order chi connectivity index (χ0) is 16.1. The normalized spacial score (nSPS) is 27.5. The molecule has 1 heterocycles. The lowest BCUT2D eigenvalue weighted by atomic mass is 9.64. The Labute approximate surface area is 127 Å². The number of hydrogen-bond donors (Lipinski definition) is 1. The molecular weight excluding hydrogens is 285 g/mol. The van der Waals surface area contributed by atoms with Crippen LogP contribution in [0.5, 0.6) is 0 Å². The number of benzene rings is 1. The molecule has 22 heavy (non-hydrogen) atoms. The second-order valence-electron chi connectivity index (χ2n) is 6.22. The van der Waals surface area contributed by atoms with Crippen LogP contribution < -0.4 is 0 Å². The van der Waals surface area contributed by atoms with E-state index in [1.807, 2.05) is 0 Å². The largest absolute Gasteiger partial charge is 0.389 e. The second kappa shape index (κ2) is 5.02. The molecule has 0 bridgehead atoms. The van der Waals surface area contributed by atoms with Crippen LogP contribution >= 0.6 is 0 Å². The molecule has 1 N–H and O–H groups in total. The van der Waals surface area contributed by atoms with Crippen LogP contribution in [0.25, 0.3) is 0 Å². The van der Waals surface area contributed by atoms with E-state index < -0.39 is 23.3 Å². The van der Waals surface area contributed by atoms with Crippen molar-refractivity contribution in [3.8, 4) is 0 Å². The number of aliphatic hydroxyl groups is 1. The zero-order valence-corrected chi connectivity index (χ0v) is 12.8. The van der Waals surface area contributed by atoms with Crippen molar-refractivity contribution < 1.29 is 18.8 Å². The first-order valence-electron chi connectivity index (χ1n) is 7.25. The number of nitrogens with zero attached hydrogens (tertiary/aromatic N) is 1. The highest BCUT2D eigenvalue weighted by atomic mass is 19.1. The van der Waals surface area contributed by atoms with Crippen molar-refractivity contribution in [2.45, 2.75) is 38.7 Å². The number of rotatable bonds is 2. The predicted molar refractivity (Wildman–Crippen MR) is 78.0 cm³/mol.